The number of hydrogen-bond acceptors (Lipinski definition) is 4. The van der Waals surface area contributed by atoms with Gasteiger partial charge in [0.05, 0.1) is 13.2 Å². The Morgan fingerprint density at radius 2 is 1.94 bits per heavy atom. The van der Waals surface area contributed by atoms with Gasteiger partial charge in [0, 0.05) is 21.9 Å². The van der Waals surface area contributed by atoms with Crippen LogP contribution in [0.4, 0.5) is 0 Å². The van der Waals surface area contributed by atoms with E-state index in [0.29, 0.717) is 13.2 Å². The predicted molar refractivity (Wildman–Crippen MR) is 74.7 cm³/mol. The molecule has 0 atom stereocenters. The second kappa shape index (κ2) is 8.40. The van der Waals surface area contributed by atoms with Crippen LogP contribution in [0.1, 0.15) is 39.9 Å². The molecule has 0 aromatic carbocycles. The molecule has 18 heavy (non-hydrogen) atoms. The Hall–Kier alpha value is -0.710. The molecule has 0 amide bonds. The first kappa shape index (κ1) is 15.3. The van der Waals surface area contributed by atoms with Crippen LogP contribution in [0.3, 0.4) is 0 Å². The topological polar surface area (TPSA) is 35.5 Å². The Labute approximate surface area is 113 Å². The number of aryl methyl sites for hydroxylation is 2. The summed E-state index contributed by atoms with van der Waals surface area (Å²) in [7, 11) is 0. The zero-order valence-corrected chi connectivity index (χ0v) is 12.3. The number of unbranched alkanes of at least 4 members (excludes halogenated alkanes) is 1. The molecule has 0 saturated heterocycles. The maximum absolute atomic E-state index is 11.9. The second-order valence-electron chi connectivity index (χ2n) is 4.27. The van der Waals surface area contributed by atoms with Crippen LogP contribution >= 0.6 is 11.3 Å². The molecular weight excluding hydrogens is 248 g/mol. The maximum Gasteiger partial charge on any atom is 0.189 e. The lowest BCUT2D eigenvalue weighted by molar-refractivity contribution is 0.0432. The van der Waals surface area contributed by atoms with E-state index in [-0.39, 0.29) is 12.4 Å². The largest absolute Gasteiger partial charge is 0.379 e. The number of carbonyl (C=O) groups excluding carboxylic acids is 1. The first-order valence-electron chi connectivity index (χ1n) is 6.41. The summed E-state index contributed by atoms with van der Waals surface area (Å²) in [6, 6.07) is 1.93. The number of hydrogen-bond donors (Lipinski definition) is 0. The molecule has 0 saturated carbocycles. The molecule has 0 radical (unpaired) electrons. The normalized spacial score (nSPS) is 10.8. The highest BCUT2D eigenvalue weighted by molar-refractivity contribution is 7.12. The van der Waals surface area contributed by atoms with Gasteiger partial charge in [0.1, 0.15) is 6.61 Å². The smallest absolute Gasteiger partial charge is 0.189 e. The van der Waals surface area contributed by atoms with E-state index in [2.05, 4.69) is 6.92 Å². The van der Waals surface area contributed by atoms with Crippen molar-refractivity contribution in [2.45, 2.75) is 33.6 Å². The van der Waals surface area contributed by atoms with Crippen molar-refractivity contribution in [3.8, 4) is 0 Å². The monoisotopic (exact) mass is 270 g/mol. The average Bonchev–Trinajstić information content (AvgIpc) is 2.67. The SMILES string of the molecule is CCCCOCCOCC(=O)c1cc(C)sc1C. The first-order valence-corrected chi connectivity index (χ1v) is 7.22. The van der Waals surface area contributed by atoms with Crippen LogP contribution in [0.25, 0.3) is 0 Å². The second-order valence-corrected chi connectivity index (χ2v) is 5.73. The van der Waals surface area contributed by atoms with Gasteiger partial charge in [-0.25, -0.2) is 0 Å². The predicted octanol–water partition coefficient (Wildman–Crippen LogP) is 3.38. The van der Waals surface area contributed by atoms with Gasteiger partial charge < -0.3 is 9.47 Å². The fourth-order valence-electron chi connectivity index (χ4n) is 1.62. The van der Waals surface area contributed by atoms with Crippen LogP contribution in [0.15, 0.2) is 6.07 Å². The lowest BCUT2D eigenvalue weighted by atomic mass is 10.2. The molecule has 1 heterocycles. The van der Waals surface area contributed by atoms with E-state index in [1.807, 2.05) is 19.9 Å². The van der Waals surface area contributed by atoms with Crippen LogP contribution in [0.2, 0.25) is 0 Å². The summed E-state index contributed by atoms with van der Waals surface area (Å²) in [5, 5.41) is 0. The van der Waals surface area contributed by atoms with Crippen molar-refractivity contribution < 1.29 is 14.3 Å². The summed E-state index contributed by atoms with van der Waals surface area (Å²) >= 11 is 1.65. The van der Waals surface area contributed by atoms with Crippen LogP contribution in [-0.4, -0.2) is 32.2 Å². The molecule has 0 N–H and O–H groups in total. The highest BCUT2D eigenvalue weighted by Crippen LogP contribution is 2.20. The fourth-order valence-corrected chi connectivity index (χ4v) is 2.56. The molecule has 1 rings (SSSR count). The first-order chi connectivity index (χ1) is 8.65. The number of rotatable bonds is 9. The highest BCUT2D eigenvalue weighted by atomic mass is 32.1. The van der Waals surface area contributed by atoms with Crippen LogP contribution in [-0.2, 0) is 9.47 Å². The highest BCUT2D eigenvalue weighted by Gasteiger charge is 2.11. The minimum atomic E-state index is 0.0606. The van der Waals surface area contributed by atoms with Gasteiger partial charge in [0.2, 0.25) is 0 Å². The molecule has 102 valence electrons. The van der Waals surface area contributed by atoms with E-state index in [4.69, 9.17) is 9.47 Å². The number of carbonyl (C=O) groups is 1. The van der Waals surface area contributed by atoms with Crippen molar-refractivity contribution in [1.29, 1.82) is 0 Å². The van der Waals surface area contributed by atoms with Gasteiger partial charge in [-0.05, 0) is 26.3 Å². The summed E-state index contributed by atoms with van der Waals surface area (Å²) < 4.78 is 10.7. The van der Waals surface area contributed by atoms with Crippen molar-refractivity contribution in [1.82, 2.24) is 0 Å². The van der Waals surface area contributed by atoms with Crippen molar-refractivity contribution in [2.75, 3.05) is 26.4 Å². The Bertz CT molecular complexity index is 371. The van der Waals surface area contributed by atoms with Gasteiger partial charge in [-0.3, -0.25) is 4.79 Å². The van der Waals surface area contributed by atoms with Crippen molar-refractivity contribution in [2.24, 2.45) is 0 Å². The minimum absolute atomic E-state index is 0.0606. The van der Waals surface area contributed by atoms with E-state index in [9.17, 15) is 4.79 Å². The van der Waals surface area contributed by atoms with E-state index < -0.39 is 0 Å². The molecular formula is C14H22O3S. The third kappa shape index (κ3) is 5.29. The molecule has 1 aromatic rings. The molecule has 0 unspecified atom stereocenters. The Kier molecular flexibility index (Phi) is 7.16. The van der Waals surface area contributed by atoms with Gasteiger partial charge in [-0.15, -0.1) is 11.3 Å². The van der Waals surface area contributed by atoms with E-state index in [1.54, 1.807) is 11.3 Å². The zero-order valence-electron chi connectivity index (χ0n) is 11.5. The van der Waals surface area contributed by atoms with Crippen molar-refractivity contribution in [3.05, 3.63) is 21.4 Å². The standard InChI is InChI=1S/C14H22O3S/c1-4-5-6-16-7-8-17-10-14(15)13-9-11(2)18-12(13)3/h9H,4-8,10H2,1-3H3. The lowest BCUT2D eigenvalue weighted by Crippen LogP contribution is -2.13. The number of ether oxygens (including phenoxy) is 2. The number of Topliss-reactive ketones (excluding diaryl/α,β-unsaturated/α-hetero) is 1. The average molecular weight is 270 g/mol. The number of ketones is 1. The summed E-state index contributed by atoms with van der Waals surface area (Å²) in [6.45, 7) is 8.08. The van der Waals surface area contributed by atoms with Crippen molar-refractivity contribution >= 4 is 17.1 Å². The van der Waals surface area contributed by atoms with Crippen molar-refractivity contribution in [3.63, 3.8) is 0 Å². The third-order valence-electron chi connectivity index (χ3n) is 2.59. The van der Waals surface area contributed by atoms with Crippen LogP contribution in [0.5, 0.6) is 0 Å². The van der Waals surface area contributed by atoms with E-state index in [1.165, 1.54) is 4.88 Å². The van der Waals surface area contributed by atoms with E-state index >= 15 is 0 Å². The molecule has 0 spiro atoms. The summed E-state index contributed by atoms with van der Waals surface area (Å²) in [6.07, 6.45) is 2.21. The molecule has 1 aromatic heterocycles. The quantitative estimate of drug-likeness (QED) is 0.510. The third-order valence-corrected chi connectivity index (χ3v) is 3.55. The molecule has 0 aliphatic heterocycles. The summed E-state index contributed by atoms with van der Waals surface area (Å²) in [4.78, 5) is 14.1. The van der Waals surface area contributed by atoms with Gasteiger partial charge in [-0.1, -0.05) is 13.3 Å². The molecule has 0 bridgehead atoms. The van der Waals surface area contributed by atoms with E-state index in [0.717, 1.165) is 29.9 Å². The van der Waals surface area contributed by atoms with Gasteiger partial charge in [-0.2, -0.15) is 0 Å². The molecule has 3 nitrogen and oxygen atoms in total. The fraction of sp³-hybridized carbons (Fsp3) is 0.643. The molecule has 0 aliphatic carbocycles. The zero-order chi connectivity index (χ0) is 13.4. The van der Waals surface area contributed by atoms with Gasteiger partial charge in [0.25, 0.3) is 0 Å². The molecule has 0 aliphatic rings. The minimum Gasteiger partial charge on any atom is -0.379 e. The molecule has 4 heteroatoms. The molecule has 0 fully saturated rings. The van der Waals surface area contributed by atoms with Gasteiger partial charge >= 0.3 is 0 Å². The number of thiophene rings is 1. The van der Waals surface area contributed by atoms with Crippen LogP contribution < -0.4 is 0 Å². The maximum atomic E-state index is 11.9. The Morgan fingerprint density at radius 1 is 1.22 bits per heavy atom. The summed E-state index contributed by atoms with van der Waals surface area (Å²) in [5.41, 5.74) is 0.796. The lowest BCUT2D eigenvalue weighted by Gasteiger charge is -2.04. The summed E-state index contributed by atoms with van der Waals surface area (Å²) in [5.74, 6) is 0.0606. The van der Waals surface area contributed by atoms with Crippen LogP contribution in [0, 0.1) is 13.8 Å². The van der Waals surface area contributed by atoms with Gasteiger partial charge in [0.15, 0.2) is 5.78 Å². The Balaban J connectivity index is 2.16. The Morgan fingerprint density at radius 3 is 2.56 bits per heavy atom.